The molecule has 2 amide bonds. The molecule has 4 N–H and O–H groups in total. The fourth-order valence-corrected chi connectivity index (χ4v) is 2.49. The van der Waals surface area contributed by atoms with Crippen LogP contribution in [0.25, 0.3) is 0 Å². The number of carbonyl (C=O) groups excluding carboxylic acids is 2. The van der Waals surface area contributed by atoms with E-state index in [1.54, 1.807) is 12.1 Å². The Morgan fingerprint density at radius 1 is 1.45 bits per heavy atom. The van der Waals surface area contributed by atoms with Crippen molar-refractivity contribution < 1.29 is 14.2 Å². The molecule has 0 radical (unpaired) electrons. The minimum absolute atomic E-state index is 0.0732. The number of hydrogen-bond acceptors (Lipinski definition) is 7. The van der Waals surface area contributed by atoms with E-state index in [9.17, 15) is 9.59 Å². The molecule has 0 bridgehead atoms. The van der Waals surface area contributed by atoms with E-state index in [2.05, 4.69) is 25.6 Å². The van der Waals surface area contributed by atoms with E-state index in [0.29, 0.717) is 17.1 Å². The van der Waals surface area contributed by atoms with Crippen LogP contribution >= 0.6 is 11.8 Å². The highest BCUT2D eigenvalue weighted by atomic mass is 32.2. The van der Waals surface area contributed by atoms with Gasteiger partial charge >= 0.3 is 0 Å². The average molecular weight is 291 g/mol. The summed E-state index contributed by atoms with van der Waals surface area (Å²) in [5.41, 5.74) is 6.53. The minimum atomic E-state index is -0.529. The maximum atomic E-state index is 11.9. The summed E-state index contributed by atoms with van der Waals surface area (Å²) in [4.78, 5) is 24.2. The van der Waals surface area contributed by atoms with Gasteiger partial charge in [0.25, 0.3) is 5.91 Å². The standard InChI is InChI=1S/C11H9N5O3S/c12-10-9(15-19-16-10)11(18)13-5-1-2-7-6(3-5)14-8(17)4-20-7/h1-3H,4H2,(H2,12,16)(H,13,18)(H,14,17). The molecule has 2 aromatic rings. The summed E-state index contributed by atoms with van der Waals surface area (Å²) >= 11 is 1.44. The monoisotopic (exact) mass is 291 g/mol. The summed E-state index contributed by atoms with van der Waals surface area (Å²) in [5, 5.41) is 12.1. The van der Waals surface area contributed by atoms with Crippen LogP contribution in [-0.2, 0) is 4.79 Å². The number of anilines is 3. The third kappa shape index (κ3) is 2.30. The maximum absolute atomic E-state index is 11.9. The summed E-state index contributed by atoms with van der Waals surface area (Å²) in [6.07, 6.45) is 0. The highest BCUT2D eigenvalue weighted by Crippen LogP contribution is 2.33. The number of nitrogens with zero attached hydrogens (tertiary/aromatic N) is 2. The summed E-state index contributed by atoms with van der Waals surface area (Å²) < 4.78 is 4.36. The number of rotatable bonds is 2. The predicted octanol–water partition coefficient (Wildman–Crippen LogP) is 0.948. The van der Waals surface area contributed by atoms with Crippen molar-refractivity contribution in [1.29, 1.82) is 0 Å². The zero-order chi connectivity index (χ0) is 14.1. The van der Waals surface area contributed by atoms with Crippen LogP contribution in [-0.4, -0.2) is 27.9 Å². The minimum Gasteiger partial charge on any atom is -0.379 e. The van der Waals surface area contributed by atoms with Crippen molar-refractivity contribution >= 4 is 40.8 Å². The van der Waals surface area contributed by atoms with Crippen molar-refractivity contribution in [3.05, 3.63) is 23.9 Å². The molecule has 0 fully saturated rings. The Bertz CT molecular complexity index is 699. The summed E-state index contributed by atoms with van der Waals surface area (Å²) in [6.45, 7) is 0. The van der Waals surface area contributed by atoms with Gasteiger partial charge in [-0.3, -0.25) is 9.59 Å². The summed E-state index contributed by atoms with van der Waals surface area (Å²) in [7, 11) is 0. The Morgan fingerprint density at radius 3 is 3.05 bits per heavy atom. The number of benzene rings is 1. The van der Waals surface area contributed by atoms with Crippen molar-refractivity contribution in [3.8, 4) is 0 Å². The fraction of sp³-hybridized carbons (Fsp3) is 0.0909. The molecule has 0 spiro atoms. The first-order chi connectivity index (χ1) is 9.63. The predicted molar refractivity (Wildman–Crippen MR) is 72.5 cm³/mol. The molecule has 0 aliphatic carbocycles. The largest absolute Gasteiger partial charge is 0.379 e. The topological polar surface area (TPSA) is 123 Å². The molecule has 9 heteroatoms. The quantitative estimate of drug-likeness (QED) is 0.752. The first kappa shape index (κ1) is 12.5. The number of amides is 2. The van der Waals surface area contributed by atoms with Gasteiger partial charge in [-0.05, 0) is 28.5 Å². The van der Waals surface area contributed by atoms with Gasteiger partial charge in [0, 0.05) is 10.6 Å². The maximum Gasteiger partial charge on any atom is 0.281 e. The van der Waals surface area contributed by atoms with E-state index in [1.807, 2.05) is 6.07 Å². The normalized spacial score (nSPS) is 13.5. The molecule has 1 aliphatic rings. The fourth-order valence-electron chi connectivity index (χ4n) is 1.70. The molecule has 8 nitrogen and oxygen atoms in total. The van der Waals surface area contributed by atoms with Crippen LogP contribution in [0, 0.1) is 0 Å². The molecule has 0 saturated carbocycles. The lowest BCUT2D eigenvalue weighted by Crippen LogP contribution is -2.19. The SMILES string of the molecule is Nc1nonc1C(=O)Nc1ccc2c(c1)NC(=O)CS2. The van der Waals surface area contributed by atoms with Crippen LogP contribution < -0.4 is 16.4 Å². The molecule has 0 unspecified atom stereocenters. The van der Waals surface area contributed by atoms with Crippen LogP contribution in [0.3, 0.4) is 0 Å². The van der Waals surface area contributed by atoms with E-state index in [0.717, 1.165) is 4.90 Å². The zero-order valence-corrected chi connectivity index (χ0v) is 10.9. The van der Waals surface area contributed by atoms with Crippen LogP contribution in [0.2, 0.25) is 0 Å². The lowest BCUT2D eigenvalue weighted by molar-refractivity contribution is -0.113. The highest BCUT2D eigenvalue weighted by molar-refractivity contribution is 8.00. The Hall–Kier alpha value is -2.55. The van der Waals surface area contributed by atoms with Gasteiger partial charge in [-0.2, -0.15) is 0 Å². The van der Waals surface area contributed by atoms with E-state index in [1.165, 1.54) is 11.8 Å². The van der Waals surface area contributed by atoms with Gasteiger partial charge in [-0.25, -0.2) is 4.63 Å². The van der Waals surface area contributed by atoms with E-state index in [-0.39, 0.29) is 17.4 Å². The molecule has 1 aromatic carbocycles. The van der Waals surface area contributed by atoms with E-state index < -0.39 is 5.91 Å². The van der Waals surface area contributed by atoms with Gasteiger partial charge in [-0.1, -0.05) is 0 Å². The van der Waals surface area contributed by atoms with Gasteiger partial charge in [0.2, 0.25) is 17.4 Å². The summed E-state index contributed by atoms with van der Waals surface area (Å²) in [5.74, 6) is -0.293. The highest BCUT2D eigenvalue weighted by Gasteiger charge is 2.18. The number of nitrogens with one attached hydrogen (secondary N) is 2. The second kappa shape index (κ2) is 4.85. The number of fused-ring (bicyclic) bond motifs is 1. The smallest absolute Gasteiger partial charge is 0.281 e. The van der Waals surface area contributed by atoms with Crippen molar-refractivity contribution in [2.75, 3.05) is 22.1 Å². The second-order valence-corrected chi connectivity index (χ2v) is 5.02. The Morgan fingerprint density at radius 2 is 2.30 bits per heavy atom. The van der Waals surface area contributed by atoms with E-state index >= 15 is 0 Å². The molecule has 0 atom stereocenters. The molecular weight excluding hydrogens is 282 g/mol. The molecule has 2 heterocycles. The number of carbonyl (C=O) groups is 2. The van der Waals surface area contributed by atoms with Crippen LogP contribution in [0.1, 0.15) is 10.5 Å². The Labute approximate surface area is 117 Å². The Balaban J connectivity index is 1.82. The number of hydrogen-bond donors (Lipinski definition) is 3. The molecular formula is C11H9N5O3S. The van der Waals surface area contributed by atoms with Gasteiger partial charge in [0.1, 0.15) is 0 Å². The van der Waals surface area contributed by atoms with Crippen molar-refractivity contribution in [3.63, 3.8) is 0 Å². The zero-order valence-electron chi connectivity index (χ0n) is 10.0. The van der Waals surface area contributed by atoms with Gasteiger partial charge in [0.05, 0.1) is 11.4 Å². The third-order valence-corrected chi connectivity index (χ3v) is 3.67. The molecule has 3 rings (SSSR count). The van der Waals surface area contributed by atoms with Gasteiger partial charge in [0.15, 0.2) is 0 Å². The van der Waals surface area contributed by atoms with Crippen LogP contribution in [0.4, 0.5) is 17.2 Å². The summed E-state index contributed by atoms with van der Waals surface area (Å²) in [6, 6.07) is 5.21. The molecule has 102 valence electrons. The molecule has 0 saturated heterocycles. The van der Waals surface area contributed by atoms with Crippen molar-refractivity contribution in [2.24, 2.45) is 0 Å². The first-order valence-corrected chi connectivity index (χ1v) is 6.58. The van der Waals surface area contributed by atoms with Gasteiger partial charge in [-0.15, -0.1) is 11.8 Å². The number of nitrogens with two attached hydrogens (primary N) is 1. The lowest BCUT2D eigenvalue weighted by atomic mass is 10.2. The van der Waals surface area contributed by atoms with Crippen molar-refractivity contribution in [1.82, 2.24) is 10.3 Å². The third-order valence-electron chi connectivity index (χ3n) is 2.60. The Kier molecular flexibility index (Phi) is 3.03. The molecule has 1 aromatic heterocycles. The van der Waals surface area contributed by atoms with E-state index in [4.69, 9.17) is 5.73 Å². The molecule has 20 heavy (non-hydrogen) atoms. The first-order valence-electron chi connectivity index (χ1n) is 5.59. The second-order valence-electron chi connectivity index (χ2n) is 4.00. The van der Waals surface area contributed by atoms with Crippen LogP contribution in [0.5, 0.6) is 0 Å². The average Bonchev–Trinajstić information content (AvgIpc) is 2.84. The molecule has 1 aliphatic heterocycles. The lowest BCUT2D eigenvalue weighted by Gasteiger charge is -2.17. The number of thioether (sulfide) groups is 1. The number of nitrogen functional groups attached to an aromatic ring is 1. The van der Waals surface area contributed by atoms with Crippen molar-refractivity contribution in [2.45, 2.75) is 4.90 Å². The van der Waals surface area contributed by atoms with Crippen LogP contribution in [0.15, 0.2) is 27.7 Å². The van der Waals surface area contributed by atoms with Gasteiger partial charge < -0.3 is 16.4 Å². The number of aromatic nitrogens is 2.